The van der Waals surface area contributed by atoms with Gasteiger partial charge in [0.15, 0.2) is 0 Å². The number of carbonyl (C=O) groups excluding carboxylic acids is 1. The van der Waals surface area contributed by atoms with E-state index in [-0.39, 0.29) is 11.7 Å². The largest absolute Gasteiger partial charge is 0.475 e. The molecule has 0 radical (unpaired) electrons. The zero-order valence-electron chi connectivity index (χ0n) is 13.1. The summed E-state index contributed by atoms with van der Waals surface area (Å²) in [4.78, 5) is 23.3. The zero-order valence-corrected chi connectivity index (χ0v) is 13.1. The highest BCUT2D eigenvalue weighted by molar-refractivity contribution is 6.06. The number of fused-ring (bicyclic) bond motifs is 1. The summed E-state index contributed by atoms with van der Waals surface area (Å²) in [7, 11) is 0. The van der Waals surface area contributed by atoms with Gasteiger partial charge in [0.25, 0.3) is 5.91 Å². The number of rotatable bonds is 3. The van der Waals surface area contributed by atoms with Crippen LogP contribution in [-0.2, 0) is 6.42 Å². The predicted molar refractivity (Wildman–Crippen MR) is 88.2 cm³/mol. The molecule has 7 heteroatoms. The third-order valence-electron chi connectivity index (χ3n) is 3.99. The average Bonchev–Trinajstić information content (AvgIpc) is 2.91. The van der Waals surface area contributed by atoms with Gasteiger partial charge in [-0.05, 0) is 44.0 Å². The number of nitrogens with zero attached hydrogens (tertiary/aromatic N) is 1. The number of carbonyl (C=O) groups is 2. The molecule has 0 spiro atoms. The van der Waals surface area contributed by atoms with Crippen molar-refractivity contribution in [1.29, 1.82) is 0 Å². The van der Waals surface area contributed by atoms with E-state index in [0.717, 1.165) is 6.42 Å². The molecule has 1 aliphatic rings. The Bertz CT molecular complexity index is 834. The van der Waals surface area contributed by atoms with Crippen molar-refractivity contribution in [3.05, 3.63) is 52.5 Å². The lowest BCUT2D eigenvalue weighted by Gasteiger charge is -2.13. The number of hydrazone groups is 1. The van der Waals surface area contributed by atoms with E-state index >= 15 is 0 Å². The van der Waals surface area contributed by atoms with Crippen molar-refractivity contribution in [2.45, 2.75) is 26.2 Å². The fraction of sp³-hybridized carbons (Fsp3) is 0.235. The molecule has 4 N–H and O–H groups in total. The van der Waals surface area contributed by atoms with Crippen molar-refractivity contribution in [3.8, 4) is 0 Å². The maximum Gasteiger partial charge on any atom is 0.372 e. The van der Waals surface area contributed by atoms with Crippen LogP contribution in [0.1, 0.15) is 50.6 Å². The lowest BCUT2D eigenvalue weighted by Crippen LogP contribution is -2.22. The van der Waals surface area contributed by atoms with Gasteiger partial charge in [-0.2, -0.15) is 5.10 Å². The molecule has 1 heterocycles. The minimum absolute atomic E-state index is 0.0699. The van der Waals surface area contributed by atoms with Gasteiger partial charge in [-0.3, -0.25) is 4.79 Å². The minimum atomic E-state index is -1.10. The van der Waals surface area contributed by atoms with Crippen LogP contribution in [0, 0.1) is 6.92 Å². The monoisotopic (exact) mass is 327 g/mol. The Balaban J connectivity index is 1.86. The molecule has 0 aliphatic heterocycles. The van der Waals surface area contributed by atoms with Crippen LogP contribution in [-0.4, -0.2) is 22.7 Å². The molecule has 124 valence electrons. The molecule has 1 aromatic carbocycles. The first-order valence-electron chi connectivity index (χ1n) is 7.55. The Morgan fingerprint density at radius 1 is 1.25 bits per heavy atom. The highest BCUT2D eigenvalue weighted by Crippen LogP contribution is 2.29. The number of nitrogens with one attached hydrogen (secondary N) is 1. The van der Waals surface area contributed by atoms with Crippen molar-refractivity contribution < 1.29 is 19.1 Å². The van der Waals surface area contributed by atoms with Crippen LogP contribution >= 0.6 is 0 Å². The van der Waals surface area contributed by atoms with Crippen LogP contribution in [0.5, 0.6) is 0 Å². The molecule has 24 heavy (non-hydrogen) atoms. The fourth-order valence-corrected chi connectivity index (χ4v) is 2.80. The number of furan rings is 1. The predicted octanol–water partition coefficient (Wildman–Crippen LogP) is 2.34. The van der Waals surface area contributed by atoms with Gasteiger partial charge >= 0.3 is 5.97 Å². The highest BCUT2D eigenvalue weighted by atomic mass is 16.4. The molecular weight excluding hydrogens is 310 g/mol. The first-order valence-corrected chi connectivity index (χ1v) is 7.55. The first kappa shape index (κ1) is 15.8. The Morgan fingerprint density at radius 3 is 2.62 bits per heavy atom. The Labute approximate surface area is 138 Å². The van der Waals surface area contributed by atoms with E-state index in [1.807, 2.05) is 0 Å². The number of nitrogens with two attached hydrogens (primary N) is 1. The molecule has 0 atom stereocenters. The average molecular weight is 327 g/mol. The maximum absolute atomic E-state index is 12.1. The number of aromatic carboxylic acids is 1. The topological polar surface area (TPSA) is 118 Å². The SMILES string of the molecule is Cc1c(C(=O)O)oc2c1/C(=N\NC(=O)c1ccc(N)cc1)CCC2. The number of carboxylic acid groups (broad SMARTS) is 1. The van der Waals surface area contributed by atoms with Crippen molar-refractivity contribution in [3.63, 3.8) is 0 Å². The van der Waals surface area contributed by atoms with Gasteiger partial charge in [0.2, 0.25) is 5.76 Å². The summed E-state index contributed by atoms with van der Waals surface area (Å²) < 4.78 is 5.43. The van der Waals surface area contributed by atoms with Crippen LogP contribution in [0.4, 0.5) is 5.69 Å². The van der Waals surface area contributed by atoms with E-state index in [4.69, 9.17) is 10.2 Å². The number of aryl methyl sites for hydroxylation is 1. The number of hydrogen-bond donors (Lipinski definition) is 3. The number of amides is 1. The van der Waals surface area contributed by atoms with E-state index in [9.17, 15) is 14.7 Å². The smallest absolute Gasteiger partial charge is 0.372 e. The van der Waals surface area contributed by atoms with Crippen molar-refractivity contribution >= 4 is 23.3 Å². The molecule has 7 nitrogen and oxygen atoms in total. The van der Waals surface area contributed by atoms with Gasteiger partial charge in [-0.15, -0.1) is 0 Å². The molecule has 0 saturated heterocycles. The van der Waals surface area contributed by atoms with E-state index in [0.29, 0.717) is 46.7 Å². The zero-order chi connectivity index (χ0) is 17.3. The lowest BCUT2D eigenvalue weighted by molar-refractivity contribution is 0.0659. The molecule has 1 aliphatic carbocycles. The highest BCUT2D eigenvalue weighted by Gasteiger charge is 2.27. The molecule has 0 fully saturated rings. The van der Waals surface area contributed by atoms with Gasteiger partial charge in [0.05, 0.1) is 5.71 Å². The number of nitrogen functional groups attached to an aromatic ring is 1. The summed E-state index contributed by atoms with van der Waals surface area (Å²) in [6.45, 7) is 1.69. The van der Waals surface area contributed by atoms with Gasteiger partial charge < -0.3 is 15.3 Å². The molecule has 1 amide bonds. The molecular formula is C17H17N3O4. The summed E-state index contributed by atoms with van der Waals surface area (Å²) in [5, 5.41) is 13.4. The molecule has 0 saturated carbocycles. The molecule has 2 aromatic rings. The van der Waals surface area contributed by atoms with Crippen LogP contribution < -0.4 is 11.2 Å². The van der Waals surface area contributed by atoms with Gasteiger partial charge in [0, 0.05) is 28.8 Å². The second-order valence-electron chi connectivity index (χ2n) is 5.63. The van der Waals surface area contributed by atoms with E-state index in [1.165, 1.54) is 0 Å². The first-order chi connectivity index (χ1) is 11.5. The summed E-state index contributed by atoms with van der Waals surface area (Å²) in [5.74, 6) is -0.919. The standard InChI is InChI=1S/C17H17N3O4/c1-9-14-12(3-2-4-13(14)24-15(9)17(22)23)19-20-16(21)10-5-7-11(18)8-6-10/h5-8H,2-4,18H2,1H3,(H,20,21)(H,22,23)/b19-12-. The van der Waals surface area contributed by atoms with Crippen molar-refractivity contribution in [1.82, 2.24) is 5.43 Å². The summed E-state index contributed by atoms with van der Waals surface area (Å²) >= 11 is 0. The number of benzene rings is 1. The van der Waals surface area contributed by atoms with E-state index in [2.05, 4.69) is 10.5 Å². The minimum Gasteiger partial charge on any atom is -0.475 e. The maximum atomic E-state index is 12.1. The second-order valence-corrected chi connectivity index (χ2v) is 5.63. The van der Waals surface area contributed by atoms with Crippen LogP contribution in [0.2, 0.25) is 0 Å². The molecule has 3 rings (SSSR count). The van der Waals surface area contributed by atoms with Crippen molar-refractivity contribution in [2.75, 3.05) is 5.73 Å². The Hall–Kier alpha value is -3.09. The van der Waals surface area contributed by atoms with Gasteiger partial charge in [0.1, 0.15) is 5.76 Å². The second kappa shape index (κ2) is 6.19. The lowest BCUT2D eigenvalue weighted by atomic mass is 9.93. The van der Waals surface area contributed by atoms with Crippen molar-refractivity contribution in [2.24, 2.45) is 5.10 Å². The molecule has 1 aromatic heterocycles. The normalized spacial score (nSPS) is 15.1. The quantitative estimate of drug-likeness (QED) is 0.590. The van der Waals surface area contributed by atoms with Crippen LogP contribution in [0.15, 0.2) is 33.8 Å². The number of anilines is 1. The molecule has 0 unspecified atom stereocenters. The van der Waals surface area contributed by atoms with Crippen LogP contribution in [0.3, 0.4) is 0 Å². The van der Waals surface area contributed by atoms with E-state index in [1.54, 1.807) is 31.2 Å². The van der Waals surface area contributed by atoms with E-state index < -0.39 is 5.97 Å². The Kier molecular flexibility index (Phi) is 4.07. The number of hydrogen-bond acceptors (Lipinski definition) is 5. The summed E-state index contributed by atoms with van der Waals surface area (Å²) in [6.07, 6.45) is 2.10. The third kappa shape index (κ3) is 2.88. The van der Waals surface area contributed by atoms with Crippen LogP contribution in [0.25, 0.3) is 0 Å². The molecule has 0 bridgehead atoms. The fourth-order valence-electron chi connectivity index (χ4n) is 2.80. The third-order valence-corrected chi connectivity index (χ3v) is 3.99. The summed E-state index contributed by atoms with van der Waals surface area (Å²) in [5.41, 5.74) is 11.0. The van der Waals surface area contributed by atoms with Gasteiger partial charge in [-0.25, -0.2) is 10.2 Å². The summed E-state index contributed by atoms with van der Waals surface area (Å²) in [6, 6.07) is 6.51. The number of carboxylic acids is 1. The Morgan fingerprint density at radius 2 is 1.96 bits per heavy atom. The van der Waals surface area contributed by atoms with Gasteiger partial charge in [-0.1, -0.05) is 0 Å².